The summed E-state index contributed by atoms with van der Waals surface area (Å²) in [6.07, 6.45) is 1.89. The van der Waals surface area contributed by atoms with Gasteiger partial charge in [0.1, 0.15) is 5.82 Å². The topological polar surface area (TPSA) is 20.3 Å². The van der Waals surface area contributed by atoms with E-state index in [0.29, 0.717) is 29.0 Å². The minimum Gasteiger partial charge on any atom is -0.339 e. The van der Waals surface area contributed by atoms with Crippen LogP contribution in [0, 0.1) is 5.82 Å². The van der Waals surface area contributed by atoms with Crippen LogP contribution in [0.25, 0.3) is 0 Å². The zero-order valence-electron chi connectivity index (χ0n) is 12.1. The van der Waals surface area contributed by atoms with Gasteiger partial charge in [0.15, 0.2) is 0 Å². The summed E-state index contributed by atoms with van der Waals surface area (Å²) < 4.78 is 14.0. The highest BCUT2D eigenvalue weighted by atomic mass is 79.9. The maximum absolute atomic E-state index is 13.4. The maximum atomic E-state index is 13.4. The second-order valence-corrected chi connectivity index (χ2v) is 6.46. The highest BCUT2D eigenvalue weighted by Gasteiger charge is 2.25. The zero-order valence-corrected chi connectivity index (χ0v) is 13.7. The van der Waals surface area contributed by atoms with E-state index in [1.165, 1.54) is 17.7 Å². The first-order valence-corrected chi connectivity index (χ1v) is 8.24. The number of carbonyl (C=O) groups excluding carboxylic acids is 1. The van der Waals surface area contributed by atoms with E-state index >= 15 is 0 Å². The van der Waals surface area contributed by atoms with Crippen molar-refractivity contribution in [1.82, 2.24) is 4.90 Å². The molecule has 0 spiro atoms. The van der Waals surface area contributed by atoms with Gasteiger partial charge >= 0.3 is 0 Å². The molecule has 4 heteroatoms. The Kier molecular flexibility index (Phi) is 4.57. The highest BCUT2D eigenvalue weighted by molar-refractivity contribution is 9.10. The summed E-state index contributed by atoms with van der Waals surface area (Å²) in [5.74, 6) is 0.0183. The molecule has 0 bridgehead atoms. The minimum absolute atomic E-state index is 0.0992. The molecular weight excluding hydrogens is 345 g/mol. The lowest BCUT2D eigenvalue weighted by Gasteiger charge is -2.32. The van der Waals surface area contributed by atoms with E-state index < -0.39 is 0 Å². The van der Waals surface area contributed by atoms with Crippen molar-refractivity contribution in [2.24, 2.45) is 0 Å². The van der Waals surface area contributed by atoms with Gasteiger partial charge in [0.05, 0.1) is 5.56 Å². The first-order chi connectivity index (χ1) is 10.6. The number of amides is 1. The molecule has 1 heterocycles. The average Bonchev–Trinajstić information content (AvgIpc) is 2.57. The first-order valence-electron chi connectivity index (χ1n) is 7.44. The Morgan fingerprint density at radius 1 is 1.09 bits per heavy atom. The molecule has 0 radical (unpaired) electrons. The molecular formula is C18H17BrFNO. The summed E-state index contributed by atoms with van der Waals surface area (Å²) in [6.45, 7) is 1.42. The number of piperidine rings is 1. The fourth-order valence-electron chi connectivity index (χ4n) is 2.97. The summed E-state index contributed by atoms with van der Waals surface area (Å²) in [7, 11) is 0. The van der Waals surface area contributed by atoms with Gasteiger partial charge in [-0.05, 0) is 58.5 Å². The van der Waals surface area contributed by atoms with Gasteiger partial charge in [-0.15, -0.1) is 0 Å². The Bertz CT molecular complexity index is 666. The third kappa shape index (κ3) is 3.22. The number of halogens is 2. The highest BCUT2D eigenvalue weighted by Crippen LogP contribution is 2.29. The van der Waals surface area contributed by atoms with E-state index in [-0.39, 0.29) is 11.7 Å². The normalized spacial score (nSPS) is 15.8. The monoisotopic (exact) mass is 361 g/mol. The van der Waals surface area contributed by atoms with Crippen LogP contribution < -0.4 is 0 Å². The number of nitrogens with zero attached hydrogens (tertiary/aromatic N) is 1. The average molecular weight is 362 g/mol. The Hall–Kier alpha value is -1.68. The molecule has 1 aliphatic heterocycles. The fourth-order valence-corrected chi connectivity index (χ4v) is 3.39. The van der Waals surface area contributed by atoms with Crippen LogP contribution in [0.2, 0.25) is 0 Å². The predicted molar refractivity (Wildman–Crippen MR) is 88.4 cm³/mol. The Balaban J connectivity index is 1.68. The van der Waals surface area contributed by atoms with Crippen molar-refractivity contribution in [1.29, 1.82) is 0 Å². The fraction of sp³-hybridized carbons (Fsp3) is 0.278. The third-order valence-corrected chi connectivity index (χ3v) is 4.90. The molecule has 114 valence electrons. The maximum Gasteiger partial charge on any atom is 0.255 e. The van der Waals surface area contributed by atoms with Gasteiger partial charge < -0.3 is 4.90 Å². The molecule has 0 N–H and O–H groups in total. The molecule has 1 amide bonds. The Morgan fingerprint density at radius 3 is 2.45 bits per heavy atom. The van der Waals surface area contributed by atoms with Gasteiger partial charge in [-0.2, -0.15) is 0 Å². The van der Waals surface area contributed by atoms with Crippen LogP contribution in [0.3, 0.4) is 0 Å². The summed E-state index contributed by atoms with van der Waals surface area (Å²) >= 11 is 3.33. The van der Waals surface area contributed by atoms with Crippen molar-refractivity contribution in [2.75, 3.05) is 13.1 Å². The Labute approximate surface area is 138 Å². The van der Waals surface area contributed by atoms with Crippen molar-refractivity contribution in [3.63, 3.8) is 0 Å². The van der Waals surface area contributed by atoms with Crippen LogP contribution in [-0.4, -0.2) is 23.9 Å². The number of rotatable bonds is 2. The van der Waals surface area contributed by atoms with Gasteiger partial charge in [0.2, 0.25) is 0 Å². The van der Waals surface area contributed by atoms with Crippen LogP contribution in [0.1, 0.15) is 34.7 Å². The molecule has 1 saturated heterocycles. The molecule has 22 heavy (non-hydrogen) atoms. The number of carbonyl (C=O) groups is 1. The lowest BCUT2D eigenvalue weighted by Crippen LogP contribution is -2.38. The summed E-state index contributed by atoms with van der Waals surface area (Å²) in [6, 6.07) is 14.6. The Morgan fingerprint density at radius 2 is 1.77 bits per heavy atom. The van der Waals surface area contributed by atoms with Crippen LogP contribution in [0.5, 0.6) is 0 Å². The van der Waals surface area contributed by atoms with E-state index in [4.69, 9.17) is 0 Å². The summed E-state index contributed by atoms with van der Waals surface area (Å²) in [5.41, 5.74) is 1.74. The van der Waals surface area contributed by atoms with E-state index in [2.05, 4.69) is 40.2 Å². The first kappa shape index (κ1) is 15.2. The van der Waals surface area contributed by atoms with Gasteiger partial charge in [-0.1, -0.05) is 30.3 Å². The van der Waals surface area contributed by atoms with Crippen LogP contribution >= 0.6 is 15.9 Å². The van der Waals surface area contributed by atoms with Crippen molar-refractivity contribution in [2.45, 2.75) is 18.8 Å². The molecule has 2 aromatic carbocycles. The van der Waals surface area contributed by atoms with Gasteiger partial charge in [0.25, 0.3) is 5.91 Å². The van der Waals surface area contributed by atoms with Crippen molar-refractivity contribution >= 4 is 21.8 Å². The molecule has 0 atom stereocenters. The van der Waals surface area contributed by atoms with E-state index in [0.717, 1.165) is 12.8 Å². The number of benzene rings is 2. The molecule has 0 saturated carbocycles. The molecule has 0 aromatic heterocycles. The largest absolute Gasteiger partial charge is 0.339 e. The lowest BCUT2D eigenvalue weighted by molar-refractivity contribution is 0.0711. The number of hydrogen-bond acceptors (Lipinski definition) is 1. The number of likely N-dealkylation sites (tertiary alicyclic amines) is 1. The van der Waals surface area contributed by atoms with E-state index in [1.54, 1.807) is 6.07 Å². The molecule has 1 aliphatic rings. The summed E-state index contributed by atoms with van der Waals surface area (Å²) in [4.78, 5) is 14.4. The minimum atomic E-state index is -0.384. The zero-order chi connectivity index (χ0) is 15.5. The van der Waals surface area contributed by atoms with Crippen molar-refractivity contribution < 1.29 is 9.18 Å². The second-order valence-electron chi connectivity index (χ2n) is 5.60. The quantitative estimate of drug-likeness (QED) is 0.764. The predicted octanol–water partition coefficient (Wildman–Crippen LogP) is 4.61. The standard InChI is InChI=1S/C18H17BrFNO/c19-17-7-6-15(20)12-16(17)18(22)21-10-8-14(9-11-21)13-4-2-1-3-5-13/h1-7,12,14H,8-11H2. The third-order valence-electron chi connectivity index (χ3n) is 4.21. The smallest absolute Gasteiger partial charge is 0.255 e. The molecule has 0 unspecified atom stereocenters. The molecule has 2 aromatic rings. The van der Waals surface area contributed by atoms with Gasteiger partial charge in [-0.25, -0.2) is 4.39 Å². The van der Waals surface area contributed by atoms with E-state index in [1.807, 2.05) is 11.0 Å². The van der Waals surface area contributed by atoms with Crippen LogP contribution in [0.4, 0.5) is 4.39 Å². The van der Waals surface area contributed by atoms with Crippen molar-refractivity contribution in [3.8, 4) is 0 Å². The molecule has 1 fully saturated rings. The second kappa shape index (κ2) is 6.61. The van der Waals surface area contributed by atoms with Gasteiger partial charge in [0, 0.05) is 17.6 Å². The van der Waals surface area contributed by atoms with Crippen molar-refractivity contribution in [3.05, 3.63) is 69.9 Å². The van der Waals surface area contributed by atoms with Gasteiger partial charge in [-0.3, -0.25) is 4.79 Å². The molecule has 3 rings (SSSR count). The van der Waals surface area contributed by atoms with Crippen LogP contribution in [0.15, 0.2) is 53.0 Å². The summed E-state index contributed by atoms with van der Waals surface area (Å²) in [5, 5.41) is 0. The SMILES string of the molecule is O=C(c1cc(F)ccc1Br)N1CCC(c2ccccc2)CC1. The van der Waals surface area contributed by atoms with E-state index in [9.17, 15) is 9.18 Å². The van der Waals surface area contributed by atoms with Crippen LogP contribution in [-0.2, 0) is 0 Å². The molecule has 2 nitrogen and oxygen atoms in total. The molecule has 0 aliphatic carbocycles. The lowest BCUT2D eigenvalue weighted by atomic mass is 9.89. The number of hydrogen-bond donors (Lipinski definition) is 0.